The lowest BCUT2D eigenvalue weighted by Gasteiger charge is -2.20. The third kappa shape index (κ3) is 4.62. The first-order valence-electron chi connectivity index (χ1n) is 8.73. The summed E-state index contributed by atoms with van der Waals surface area (Å²) in [4.78, 5) is 29.0. The van der Waals surface area contributed by atoms with Crippen molar-refractivity contribution in [3.05, 3.63) is 80.0 Å². The number of nitrogens with one attached hydrogen (secondary N) is 2. The van der Waals surface area contributed by atoms with Gasteiger partial charge < -0.3 is 9.72 Å². The number of H-pyrrole nitrogens is 1. The quantitative estimate of drug-likeness (QED) is 0.615. The monoisotopic (exact) mass is 441 g/mol. The van der Waals surface area contributed by atoms with Crippen molar-refractivity contribution in [2.75, 3.05) is 11.1 Å². The molecule has 3 rings (SSSR count). The molecule has 1 aromatic heterocycles. The van der Waals surface area contributed by atoms with Crippen LogP contribution in [0.15, 0.2) is 52.1 Å². The Morgan fingerprint density at radius 2 is 1.87 bits per heavy atom. The highest BCUT2D eigenvalue weighted by Crippen LogP contribution is 2.37. The summed E-state index contributed by atoms with van der Waals surface area (Å²) in [5.41, 5.74) is -2.72. The molecular weight excluding hydrogens is 423 g/mol. The van der Waals surface area contributed by atoms with E-state index in [1.165, 1.54) is 13.2 Å². The van der Waals surface area contributed by atoms with E-state index in [0.29, 0.717) is 10.7 Å². The van der Waals surface area contributed by atoms with Crippen LogP contribution in [0.1, 0.15) is 29.7 Å². The summed E-state index contributed by atoms with van der Waals surface area (Å²) in [5, 5.41) is -0.175. The van der Waals surface area contributed by atoms with Crippen molar-refractivity contribution in [1.29, 1.82) is 0 Å². The standard InChI is InChI=1S/C19H18F3N3O4S/c1-11(29-10-12-6-4-3-5-7-12)13-8-14-16(9-15(13)19(20,21)22)23-18(27)25(17(14)26)24-30(2)28/h3-9,11,24H,10H2,1-2H3,(H,23,27). The van der Waals surface area contributed by atoms with E-state index in [1.807, 2.05) is 0 Å². The van der Waals surface area contributed by atoms with E-state index < -0.39 is 40.1 Å². The van der Waals surface area contributed by atoms with Gasteiger partial charge in [0.2, 0.25) is 0 Å². The fourth-order valence-electron chi connectivity index (χ4n) is 2.96. The Morgan fingerprint density at radius 1 is 1.20 bits per heavy atom. The first-order valence-corrected chi connectivity index (χ1v) is 10.3. The zero-order valence-electron chi connectivity index (χ0n) is 15.9. The van der Waals surface area contributed by atoms with Crippen LogP contribution in [0, 0.1) is 0 Å². The summed E-state index contributed by atoms with van der Waals surface area (Å²) in [7, 11) is -1.75. The van der Waals surface area contributed by atoms with Crippen LogP contribution in [0.4, 0.5) is 13.2 Å². The van der Waals surface area contributed by atoms with Gasteiger partial charge in [-0.3, -0.25) is 4.79 Å². The van der Waals surface area contributed by atoms with Crippen LogP contribution in [0.3, 0.4) is 0 Å². The zero-order chi connectivity index (χ0) is 22.1. The molecule has 0 aliphatic heterocycles. The Labute approximate surface area is 171 Å². The summed E-state index contributed by atoms with van der Waals surface area (Å²) in [6, 6.07) is 10.7. The van der Waals surface area contributed by atoms with Crippen molar-refractivity contribution in [1.82, 2.24) is 9.66 Å². The Balaban J connectivity index is 2.11. The number of rotatable bonds is 6. The maximum absolute atomic E-state index is 13.7. The van der Waals surface area contributed by atoms with Crippen molar-refractivity contribution < 1.29 is 22.1 Å². The van der Waals surface area contributed by atoms with Crippen molar-refractivity contribution in [3.8, 4) is 0 Å². The molecule has 0 fully saturated rings. The average Bonchev–Trinajstić information content (AvgIpc) is 2.68. The topological polar surface area (TPSA) is 93.2 Å². The lowest BCUT2D eigenvalue weighted by atomic mass is 10.00. The highest BCUT2D eigenvalue weighted by atomic mass is 32.2. The first kappa shape index (κ1) is 21.8. The number of nitrogens with zero attached hydrogens (tertiary/aromatic N) is 1. The normalized spacial score (nSPS) is 13.9. The molecule has 2 unspecified atom stereocenters. The summed E-state index contributed by atoms with van der Waals surface area (Å²) >= 11 is 0. The van der Waals surface area contributed by atoms with Gasteiger partial charge in [-0.2, -0.15) is 17.8 Å². The Morgan fingerprint density at radius 3 is 2.47 bits per heavy atom. The second-order valence-electron chi connectivity index (χ2n) is 6.54. The number of hydrogen-bond acceptors (Lipinski definition) is 4. The molecule has 1 heterocycles. The molecule has 0 radical (unpaired) electrons. The van der Waals surface area contributed by atoms with Gasteiger partial charge in [-0.1, -0.05) is 30.3 Å². The number of fused-ring (bicyclic) bond motifs is 1. The van der Waals surface area contributed by atoms with Crippen LogP contribution >= 0.6 is 0 Å². The van der Waals surface area contributed by atoms with Crippen molar-refractivity contribution in [2.24, 2.45) is 0 Å². The number of aromatic nitrogens is 2. The molecule has 11 heteroatoms. The van der Waals surface area contributed by atoms with Gasteiger partial charge in [0.15, 0.2) is 0 Å². The minimum atomic E-state index is -4.73. The summed E-state index contributed by atoms with van der Waals surface area (Å²) in [5.74, 6) is 0. The van der Waals surface area contributed by atoms with E-state index >= 15 is 0 Å². The van der Waals surface area contributed by atoms with Crippen LogP contribution in [0.2, 0.25) is 0 Å². The molecule has 3 aromatic rings. The molecule has 0 saturated carbocycles. The minimum Gasteiger partial charge on any atom is -0.369 e. The molecule has 0 spiro atoms. The van der Waals surface area contributed by atoms with Gasteiger partial charge in [0.25, 0.3) is 5.56 Å². The van der Waals surface area contributed by atoms with E-state index in [2.05, 4.69) is 9.82 Å². The van der Waals surface area contributed by atoms with E-state index in [4.69, 9.17) is 4.74 Å². The van der Waals surface area contributed by atoms with E-state index in [-0.39, 0.29) is 23.1 Å². The molecule has 0 bridgehead atoms. The molecule has 30 heavy (non-hydrogen) atoms. The van der Waals surface area contributed by atoms with Crippen molar-refractivity contribution >= 4 is 21.9 Å². The van der Waals surface area contributed by atoms with E-state index in [0.717, 1.165) is 11.6 Å². The molecule has 7 nitrogen and oxygen atoms in total. The Bertz CT molecular complexity index is 1210. The maximum atomic E-state index is 13.7. The number of hydrogen-bond donors (Lipinski definition) is 2. The second-order valence-corrected chi connectivity index (χ2v) is 7.63. The second kappa shape index (κ2) is 8.44. The fourth-order valence-corrected chi connectivity index (χ4v) is 3.38. The molecule has 0 aliphatic rings. The predicted molar refractivity (Wildman–Crippen MR) is 107 cm³/mol. The average molecular weight is 441 g/mol. The maximum Gasteiger partial charge on any atom is 0.416 e. The summed E-state index contributed by atoms with van der Waals surface area (Å²) < 4.78 is 58.4. The Hall–Kier alpha value is -2.92. The SMILES string of the molecule is CC(OCc1ccccc1)c1cc2c(=O)n(NS(C)=O)c(=O)[nH]c2cc1C(F)(F)F. The largest absolute Gasteiger partial charge is 0.416 e. The van der Waals surface area contributed by atoms with Gasteiger partial charge in [-0.05, 0) is 30.2 Å². The predicted octanol–water partition coefficient (Wildman–Crippen LogP) is 2.82. The molecule has 160 valence electrons. The number of aromatic amines is 1. The number of benzene rings is 2. The third-order valence-electron chi connectivity index (χ3n) is 4.37. The lowest BCUT2D eigenvalue weighted by Crippen LogP contribution is -2.41. The number of alkyl halides is 3. The lowest BCUT2D eigenvalue weighted by molar-refractivity contribution is -0.139. The highest BCUT2D eigenvalue weighted by molar-refractivity contribution is 7.85. The van der Waals surface area contributed by atoms with Crippen LogP contribution in [-0.2, 0) is 28.5 Å². The van der Waals surface area contributed by atoms with Gasteiger partial charge in [-0.25, -0.2) is 13.8 Å². The van der Waals surface area contributed by atoms with Crippen molar-refractivity contribution in [2.45, 2.75) is 25.8 Å². The number of halogens is 3. The smallest absolute Gasteiger partial charge is 0.369 e. The third-order valence-corrected chi connectivity index (χ3v) is 4.81. The van der Waals surface area contributed by atoms with E-state index in [1.54, 1.807) is 30.3 Å². The molecular formula is C19H18F3N3O4S. The zero-order valence-corrected chi connectivity index (χ0v) is 16.8. The number of ether oxygens (including phenoxy) is 1. The molecule has 2 aromatic carbocycles. The van der Waals surface area contributed by atoms with Crippen molar-refractivity contribution in [3.63, 3.8) is 0 Å². The van der Waals surface area contributed by atoms with Crippen LogP contribution < -0.4 is 16.1 Å². The highest BCUT2D eigenvalue weighted by Gasteiger charge is 2.35. The first-order chi connectivity index (χ1) is 14.1. The van der Waals surface area contributed by atoms with Gasteiger partial charge in [-0.15, -0.1) is 0 Å². The summed E-state index contributed by atoms with van der Waals surface area (Å²) in [6.07, 6.45) is -4.53. The molecule has 2 atom stereocenters. The van der Waals surface area contributed by atoms with Crippen LogP contribution in [-0.4, -0.2) is 20.1 Å². The summed E-state index contributed by atoms with van der Waals surface area (Å²) in [6.45, 7) is 1.52. The van der Waals surface area contributed by atoms with Crippen LogP contribution in [0.25, 0.3) is 10.9 Å². The Kier molecular flexibility index (Phi) is 6.13. The van der Waals surface area contributed by atoms with Crippen LogP contribution in [0.5, 0.6) is 0 Å². The van der Waals surface area contributed by atoms with Gasteiger partial charge in [0.1, 0.15) is 11.0 Å². The molecule has 0 aliphatic carbocycles. The minimum absolute atomic E-state index is 0.0730. The fraction of sp³-hybridized carbons (Fsp3) is 0.263. The molecule has 0 saturated heterocycles. The molecule has 2 N–H and O–H groups in total. The van der Waals surface area contributed by atoms with Gasteiger partial charge in [0, 0.05) is 6.26 Å². The van der Waals surface area contributed by atoms with Gasteiger partial charge in [0.05, 0.1) is 29.2 Å². The molecule has 0 amide bonds. The van der Waals surface area contributed by atoms with E-state index in [9.17, 15) is 27.0 Å². The van der Waals surface area contributed by atoms with Gasteiger partial charge >= 0.3 is 11.9 Å².